The van der Waals surface area contributed by atoms with Crippen LogP contribution < -0.4 is 5.32 Å². The first-order chi connectivity index (χ1) is 6.22. The summed E-state index contributed by atoms with van der Waals surface area (Å²) in [6, 6.07) is 4.44. The summed E-state index contributed by atoms with van der Waals surface area (Å²) >= 11 is 0. The van der Waals surface area contributed by atoms with E-state index in [4.69, 9.17) is 4.42 Å². The fraction of sp³-hybridized carbons (Fsp3) is 0.600. The lowest BCUT2D eigenvalue weighted by molar-refractivity contribution is 0.271. The van der Waals surface area contributed by atoms with E-state index in [-0.39, 0.29) is 0 Å². The standard InChI is InChI=1S/C10H18N2O/c1-9(11-2)7-12(3)8-10-5-4-6-13-10/h4-6,9,11H,7-8H2,1-3H3. The van der Waals surface area contributed by atoms with Crippen molar-refractivity contribution in [1.29, 1.82) is 0 Å². The Hall–Kier alpha value is -0.800. The van der Waals surface area contributed by atoms with E-state index in [0.29, 0.717) is 6.04 Å². The number of nitrogens with zero attached hydrogens (tertiary/aromatic N) is 1. The Kier molecular flexibility index (Phi) is 3.99. The van der Waals surface area contributed by atoms with Crippen molar-refractivity contribution in [1.82, 2.24) is 10.2 Å². The molecule has 1 unspecified atom stereocenters. The van der Waals surface area contributed by atoms with Gasteiger partial charge in [0.1, 0.15) is 5.76 Å². The van der Waals surface area contributed by atoms with Gasteiger partial charge in [0.05, 0.1) is 12.8 Å². The molecule has 0 bridgehead atoms. The Bertz CT molecular complexity index is 221. The van der Waals surface area contributed by atoms with Crippen LogP contribution in [0, 0.1) is 0 Å². The largest absolute Gasteiger partial charge is 0.468 e. The predicted molar refractivity (Wildman–Crippen MR) is 53.6 cm³/mol. The molecule has 74 valence electrons. The highest BCUT2D eigenvalue weighted by Gasteiger charge is 2.05. The number of likely N-dealkylation sites (N-methyl/N-ethyl adjacent to an activating group) is 2. The van der Waals surface area contributed by atoms with Crippen LogP contribution in [-0.2, 0) is 6.54 Å². The fourth-order valence-corrected chi connectivity index (χ4v) is 1.29. The number of hydrogen-bond acceptors (Lipinski definition) is 3. The lowest BCUT2D eigenvalue weighted by Crippen LogP contribution is -2.34. The van der Waals surface area contributed by atoms with E-state index in [9.17, 15) is 0 Å². The van der Waals surface area contributed by atoms with Crippen molar-refractivity contribution < 1.29 is 4.42 Å². The van der Waals surface area contributed by atoms with Crippen molar-refractivity contribution in [2.45, 2.75) is 19.5 Å². The van der Waals surface area contributed by atoms with E-state index in [1.807, 2.05) is 19.2 Å². The van der Waals surface area contributed by atoms with Crippen LogP contribution in [0.2, 0.25) is 0 Å². The second-order valence-corrected chi connectivity index (χ2v) is 3.47. The minimum Gasteiger partial charge on any atom is -0.468 e. The maximum absolute atomic E-state index is 5.26. The molecule has 0 amide bonds. The van der Waals surface area contributed by atoms with Gasteiger partial charge in [0.25, 0.3) is 0 Å². The van der Waals surface area contributed by atoms with E-state index in [1.54, 1.807) is 6.26 Å². The van der Waals surface area contributed by atoms with Gasteiger partial charge >= 0.3 is 0 Å². The summed E-state index contributed by atoms with van der Waals surface area (Å²) in [5.74, 6) is 1.02. The van der Waals surface area contributed by atoms with E-state index in [2.05, 4.69) is 24.2 Å². The van der Waals surface area contributed by atoms with Crippen LogP contribution in [0.3, 0.4) is 0 Å². The second-order valence-electron chi connectivity index (χ2n) is 3.47. The quantitative estimate of drug-likeness (QED) is 0.744. The fourth-order valence-electron chi connectivity index (χ4n) is 1.29. The Morgan fingerprint density at radius 2 is 2.38 bits per heavy atom. The van der Waals surface area contributed by atoms with Gasteiger partial charge in [-0.25, -0.2) is 0 Å². The third kappa shape index (κ3) is 3.61. The van der Waals surface area contributed by atoms with Gasteiger partial charge < -0.3 is 9.73 Å². The van der Waals surface area contributed by atoms with Crippen LogP contribution in [0.1, 0.15) is 12.7 Å². The zero-order valence-corrected chi connectivity index (χ0v) is 8.58. The Balaban J connectivity index is 2.29. The van der Waals surface area contributed by atoms with Gasteiger partial charge in [-0.2, -0.15) is 0 Å². The summed E-state index contributed by atoms with van der Waals surface area (Å²) in [6.45, 7) is 4.06. The molecular formula is C10H18N2O. The normalized spacial score (nSPS) is 13.5. The number of furan rings is 1. The molecule has 3 heteroatoms. The Labute approximate surface area is 79.7 Å². The van der Waals surface area contributed by atoms with Crippen molar-refractivity contribution >= 4 is 0 Å². The highest BCUT2D eigenvalue weighted by atomic mass is 16.3. The zero-order valence-electron chi connectivity index (χ0n) is 8.58. The summed E-state index contributed by atoms with van der Waals surface area (Å²) in [5, 5.41) is 3.20. The summed E-state index contributed by atoms with van der Waals surface area (Å²) in [5.41, 5.74) is 0. The van der Waals surface area contributed by atoms with E-state index < -0.39 is 0 Å². The number of hydrogen-bond donors (Lipinski definition) is 1. The molecule has 1 aromatic heterocycles. The predicted octanol–water partition coefficient (Wildman–Crippen LogP) is 1.32. The summed E-state index contributed by atoms with van der Waals surface area (Å²) < 4.78 is 5.26. The first-order valence-electron chi connectivity index (χ1n) is 4.60. The van der Waals surface area contributed by atoms with Gasteiger partial charge in [-0.3, -0.25) is 4.90 Å². The van der Waals surface area contributed by atoms with Crippen molar-refractivity contribution in [3.05, 3.63) is 24.2 Å². The van der Waals surface area contributed by atoms with Crippen LogP contribution in [-0.4, -0.2) is 31.6 Å². The molecule has 0 spiro atoms. The van der Waals surface area contributed by atoms with Gasteiger partial charge in [-0.1, -0.05) is 0 Å². The molecule has 13 heavy (non-hydrogen) atoms. The molecule has 1 atom stereocenters. The van der Waals surface area contributed by atoms with Crippen LogP contribution in [0.15, 0.2) is 22.8 Å². The number of nitrogens with one attached hydrogen (secondary N) is 1. The van der Waals surface area contributed by atoms with Crippen molar-refractivity contribution in [3.8, 4) is 0 Å². The topological polar surface area (TPSA) is 28.4 Å². The van der Waals surface area contributed by atoms with Crippen LogP contribution in [0.4, 0.5) is 0 Å². The average Bonchev–Trinajstić information content (AvgIpc) is 2.56. The van der Waals surface area contributed by atoms with E-state index >= 15 is 0 Å². The molecule has 0 aliphatic heterocycles. The SMILES string of the molecule is CNC(C)CN(C)Cc1ccco1. The highest BCUT2D eigenvalue weighted by Crippen LogP contribution is 2.03. The summed E-state index contributed by atoms with van der Waals surface area (Å²) in [7, 11) is 4.07. The summed E-state index contributed by atoms with van der Waals surface area (Å²) in [4.78, 5) is 2.24. The molecule has 0 aliphatic rings. The molecule has 1 rings (SSSR count). The molecule has 1 heterocycles. The van der Waals surface area contributed by atoms with E-state index in [1.165, 1.54) is 0 Å². The smallest absolute Gasteiger partial charge is 0.117 e. The molecule has 0 fully saturated rings. The molecule has 0 radical (unpaired) electrons. The van der Waals surface area contributed by atoms with Crippen LogP contribution >= 0.6 is 0 Å². The molecule has 1 N–H and O–H groups in total. The van der Waals surface area contributed by atoms with Crippen LogP contribution in [0.5, 0.6) is 0 Å². The average molecular weight is 182 g/mol. The third-order valence-corrected chi connectivity index (χ3v) is 2.08. The lowest BCUT2D eigenvalue weighted by atomic mass is 10.3. The van der Waals surface area contributed by atoms with Gasteiger partial charge in [0.2, 0.25) is 0 Å². The third-order valence-electron chi connectivity index (χ3n) is 2.08. The molecule has 1 aromatic rings. The van der Waals surface area contributed by atoms with Crippen molar-refractivity contribution in [3.63, 3.8) is 0 Å². The molecular weight excluding hydrogens is 164 g/mol. The van der Waals surface area contributed by atoms with Crippen LogP contribution in [0.25, 0.3) is 0 Å². The molecule has 0 aromatic carbocycles. The maximum atomic E-state index is 5.26. The molecule has 0 aliphatic carbocycles. The first kappa shape index (κ1) is 10.3. The lowest BCUT2D eigenvalue weighted by Gasteiger charge is -2.19. The van der Waals surface area contributed by atoms with Gasteiger partial charge in [0.15, 0.2) is 0 Å². The number of rotatable bonds is 5. The van der Waals surface area contributed by atoms with Gasteiger partial charge in [0, 0.05) is 12.6 Å². The minimum absolute atomic E-state index is 0.514. The Morgan fingerprint density at radius 1 is 1.62 bits per heavy atom. The highest BCUT2D eigenvalue weighted by molar-refractivity contribution is 4.97. The monoisotopic (exact) mass is 182 g/mol. The first-order valence-corrected chi connectivity index (χ1v) is 4.60. The van der Waals surface area contributed by atoms with Crippen molar-refractivity contribution in [2.75, 3.05) is 20.6 Å². The van der Waals surface area contributed by atoms with Gasteiger partial charge in [-0.15, -0.1) is 0 Å². The summed E-state index contributed by atoms with van der Waals surface area (Å²) in [6.07, 6.45) is 1.71. The molecule has 3 nitrogen and oxygen atoms in total. The molecule has 0 saturated carbocycles. The molecule has 0 saturated heterocycles. The minimum atomic E-state index is 0.514. The van der Waals surface area contributed by atoms with E-state index in [0.717, 1.165) is 18.8 Å². The van der Waals surface area contributed by atoms with Gasteiger partial charge in [-0.05, 0) is 33.2 Å². The zero-order chi connectivity index (χ0) is 9.68. The second kappa shape index (κ2) is 5.04. The Morgan fingerprint density at radius 3 is 2.92 bits per heavy atom. The van der Waals surface area contributed by atoms with Crippen molar-refractivity contribution in [2.24, 2.45) is 0 Å². The maximum Gasteiger partial charge on any atom is 0.117 e.